The molecule has 1 heterocycles. The largest absolute Gasteiger partial charge is 0.495 e. The van der Waals surface area contributed by atoms with E-state index in [4.69, 9.17) is 14.2 Å². The quantitative estimate of drug-likeness (QED) is 0.749. The highest BCUT2D eigenvalue weighted by Gasteiger charge is 2.29. The number of nitrogens with one attached hydrogen (secondary N) is 2. The molecule has 1 aromatic carbocycles. The lowest BCUT2D eigenvalue weighted by Gasteiger charge is -2.31. The molecule has 2 atom stereocenters. The molecule has 2 rings (SSSR count). The Kier molecular flexibility index (Phi) is 6.38. The number of amides is 1. The first-order chi connectivity index (χ1) is 12.6. The van der Waals surface area contributed by atoms with Gasteiger partial charge in [0, 0.05) is 18.2 Å². The van der Waals surface area contributed by atoms with Crippen molar-refractivity contribution in [3.8, 4) is 17.2 Å². The van der Waals surface area contributed by atoms with Crippen molar-refractivity contribution in [2.75, 3.05) is 27.6 Å². The Morgan fingerprint density at radius 1 is 1.19 bits per heavy atom. The monoisotopic (exact) mass is 398 g/mol. The van der Waals surface area contributed by atoms with Crippen LogP contribution in [0.5, 0.6) is 17.2 Å². The van der Waals surface area contributed by atoms with Gasteiger partial charge in [0.05, 0.1) is 27.4 Å². The first kappa shape index (κ1) is 21.0. The van der Waals surface area contributed by atoms with E-state index >= 15 is 0 Å². The molecule has 150 valence electrons. The Labute approximate surface area is 159 Å². The maximum absolute atomic E-state index is 12.2. The van der Waals surface area contributed by atoms with E-state index in [0.29, 0.717) is 17.7 Å². The number of hydrogen-bond acceptors (Lipinski definition) is 7. The molecule has 1 aliphatic heterocycles. The summed E-state index contributed by atoms with van der Waals surface area (Å²) in [6.07, 6.45) is 3.37. The molecular weight excluding hydrogens is 372 g/mol. The second-order valence-electron chi connectivity index (χ2n) is 6.58. The molecule has 9 heteroatoms. The van der Waals surface area contributed by atoms with Crippen LogP contribution in [0.15, 0.2) is 16.5 Å². The van der Waals surface area contributed by atoms with Crippen molar-refractivity contribution in [1.82, 2.24) is 10.9 Å². The average Bonchev–Trinajstić information content (AvgIpc) is 2.59. The SMILES string of the molecule is COc1cc(/C=C(\C)C2NNC(=O)CC2C)c(OC)c(OC)c1S(C)(=O)=O. The number of methoxy groups -OCH3 is 3. The smallest absolute Gasteiger partial charge is 0.234 e. The van der Waals surface area contributed by atoms with Crippen LogP contribution in [0.2, 0.25) is 0 Å². The molecule has 0 radical (unpaired) electrons. The highest BCUT2D eigenvalue weighted by Crippen LogP contribution is 2.44. The van der Waals surface area contributed by atoms with Crippen molar-refractivity contribution in [1.29, 1.82) is 0 Å². The lowest BCUT2D eigenvalue weighted by atomic mass is 9.90. The van der Waals surface area contributed by atoms with Gasteiger partial charge in [-0.25, -0.2) is 13.8 Å². The third kappa shape index (κ3) is 4.36. The number of carbonyl (C=O) groups excluding carboxylic acids is 1. The predicted octanol–water partition coefficient (Wildman–Crippen LogP) is 1.55. The van der Waals surface area contributed by atoms with Gasteiger partial charge in [-0.05, 0) is 18.9 Å². The Balaban J connectivity index is 2.61. The van der Waals surface area contributed by atoms with E-state index in [1.165, 1.54) is 21.3 Å². The summed E-state index contributed by atoms with van der Waals surface area (Å²) >= 11 is 0. The Hall–Kier alpha value is -2.26. The molecule has 1 aliphatic rings. The Bertz CT molecular complexity index is 863. The molecule has 2 unspecified atom stereocenters. The molecule has 0 aromatic heterocycles. The number of hydrazine groups is 1. The van der Waals surface area contributed by atoms with Crippen molar-refractivity contribution >= 4 is 21.8 Å². The van der Waals surface area contributed by atoms with Crippen LogP contribution < -0.4 is 25.1 Å². The first-order valence-corrected chi connectivity index (χ1v) is 10.3. The average molecular weight is 398 g/mol. The molecule has 0 spiro atoms. The summed E-state index contributed by atoms with van der Waals surface area (Å²) in [4.78, 5) is 11.4. The highest BCUT2D eigenvalue weighted by molar-refractivity contribution is 7.91. The van der Waals surface area contributed by atoms with Gasteiger partial charge in [0.2, 0.25) is 5.91 Å². The molecule has 1 aromatic rings. The van der Waals surface area contributed by atoms with Crippen molar-refractivity contribution in [3.63, 3.8) is 0 Å². The summed E-state index contributed by atoms with van der Waals surface area (Å²) in [5.74, 6) is 0.610. The van der Waals surface area contributed by atoms with E-state index in [2.05, 4.69) is 10.9 Å². The maximum Gasteiger partial charge on any atom is 0.234 e. The van der Waals surface area contributed by atoms with Crippen LogP contribution in [0.1, 0.15) is 25.8 Å². The van der Waals surface area contributed by atoms with Crippen LogP contribution in [-0.4, -0.2) is 48.0 Å². The van der Waals surface area contributed by atoms with Gasteiger partial charge in [0.15, 0.2) is 26.2 Å². The van der Waals surface area contributed by atoms with Gasteiger partial charge in [-0.15, -0.1) is 0 Å². The Morgan fingerprint density at radius 3 is 2.30 bits per heavy atom. The summed E-state index contributed by atoms with van der Waals surface area (Å²) in [7, 11) is 0.618. The minimum atomic E-state index is -3.61. The maximum atomic E-state index is 12.2. The lowest BCUT2D eigenvalue weighted by molar-refractivity contribution is -0.125. The summed E-state index contributed by atoms with van der Waals surface area (Å²) < 4.78 is 40.6. The van der Waals surface area contributed by atoms with E-state index in [1.807, 2.05) is 19.9 Å². The fourth-order valence-electron chi connectivity index (χ4n) is 3.28. The number of hydrogen-bond donors (Lipinski definition) is 2. The van der Waals surface area contributed by atoms with E-state index in [-0.39, 0.29) is 34.3 Å². The number of sulfone groups is 1. The van der Waals surface area contributed by atoms with Gasteiger partial charge >= 0.3 is 0 Å². The number of ether oxygens (including phenoxy) is 3. The second kappa shape index (κ2) is 8.18. The Morgan fingerprint density at radius 2 is 1.81 bits per heavy atom. The van der Waals surface area contributed by atoms with Crippen LogP contribution >= 0.6 is 0 Å². The minimum absolute atomic E-state index is 0.0509. The molecule has 0 aliphatic carbocycles. The molecule has 1 fully saturated rings. The van der Waals surface area contributed by atoms with Crippen LogP contribution in [0, 0.1) is 5.92 Å². The van der Waals surface area contributed by atoms with Crippen LogP contribution in [-0.2, 0) is 14.6 Å². The summed E-state index contributed by atoms with van der Waals surface area (Å²) in [5, 5.41) is 0. The second-order valence-corrected chi connectivity index (χ2v) is 8.53. The molecule has 27 heavy (non-hydrogen) atoms. The molecule has 0 bridgehead atoms. The van der Waals surface area contributed by atoms with Crippen molar-refractivity contribution < 1.29 is 27.4 Å². The number of benzene rings is 1. The fourth-order valence-corrected chi connectivity index (χ4v) is 4.30. The van der Waals surface area contributed by atoms with Gasteiger partial charge in [-0.3, -0.25) is 10.2 Å². The van der Waals surface area contributed by atoms with Gasteiger partial charge in [0.25, 0.3) is 0 Å². The van der Waals surface area contributed by atoms with Gasteiger partial charge < -0.3 is 14.2 Å². The predicted molar refractivity (Wildman–Crippen MR) is 102 cm³/mol. The molecule has 8 nitrogen and oxygen atoms in total. The molecule has 1 saturated heterocycles. The standard InChI is InChI=1S/C18H26N2O6S/c1-10(15-11(2)8-14(21)19-20-15)7-12-9-13(24-3)18(27(6,22)23)17(26-5)16(12)25-4/h7,9,11,15,20H,8H2,1-6H3,(H,19,21)/b10-7+. The van der Waals surface area contributed by atoms with E-state index in [9.17, 15) is 13.2 Å². The fraction of sp³-hybridized carbons (Fsp3) is 0.500. The topological polar surface area (TPSA) is 103 Å². The third-order valence-electron chi connectivity index (χ3n) is 4.50. The van der Waals surface area contributed by atoms with E-state index < -0.39 is 9.84 Å². The zero-order valence-corrected chi connectivity index (χ0v) is 17.2. The third-order valence-corrected chi connectivity index (χ3v) is 5.63. The molecule has 2 N–H and O–H groups in total. The summed E-state index contributed by atoms with van der Waals surface area (Å²) in [5.41, 5.74) is 7.20. The number of carbonyl (C=O) groups is 1. The molecule has 0 saturated carbocycles. The molecule has 1 amide bonds. The van der Waals surface area contributed by atoms with E-state index in [1.54, 1.807) is 6.07 Å². The van der Waals surface area contributed by atoms with Gasteiger partial charge in [0.1, 0.15) is 5.75 Å². The minimum Gasteiger partial charge on any atom is -0.495 e. The lowest BCUT2D eigenvalue weighted by Crippen LogP contribution is -2.53. The van der Waals surface area contributed by atoms with Crippen molar-refractivity contribution in [3.05, 3.63) is 17.2 Å². The first-order valence-electron chi connectivity index (χ1n) is 8.39. The normalized spacial score (nSPS) is 20.8. The zero-order valence-electron chi connectivity index (χ0n) is 16.4. The van der Waals surface area contributed by atoms with Crippen LogP contribution in [0.25, 0.3) is 6.08 Å². The van der Waals surface area contributed by atoms with Crippen LogP contribution in [0.3, 0.4) is 0 Å². The zero-order chi connectivity index (χ0) is 20.4. The van der Waals surface area contributed by atoms with Crippen molar-refractivity contribution in [2.45, 2.75) is 31.2 Å². The van der Waals surface area contributed by atoms with Crippen LogP contribution in [0.4, 0.5) is 0 Å². The van der Waals surface area contributed by atoms with Gasteiger partial charge in [-0.1, -0.05) is 18.6 Å². The molecular formula is C18H26N2O6S. The van der Waals surface area contributed by atoms with Crippen molar-refractivity contribution in [2.24, 2.45) is 5.92 Å². The number of rotatable bonds is 6. The summed E-state index contributed by atoms with van der Waals surface area (Å²) in [6.45, 7) is 3.91. The summed E-state index contributed by atoms with van der Waals surface area (Å²) in [6, 6.07) is 1.53. The highest BCUT2D eigenvalue weighted by atomic mass is 32.2. The van der Waals surface area contributed by atoms with E-state index in [0.717, 1.165) is 11.8 Å². The van der Waals surface area contributed by atoms with Gasteiger partial charge in [-0.2, -0.15) is 0 Å².